The van der Waals surface area contributed by atoms with Crippen LogP contribution in [-0.2, 0) is 0 Å². The van der Waals surface area contributed by atoms with Gasteiger partial charge < -0.3 is 11.5 Å². The van der Waals surface area contributed by atoms with Crippen LogP contribution in [0.4, 0.5) is 11.4 Å². The van der Waals surface area contributed by atoms with Crippen LogP contribution >= 0.6 is 0 Å². The minimum atomic E-state index is -0.517. The number of benzene rings is 1. The highest BCUT2D eigenvalue weighted by atomic mass is 16.6. The van der Waals surface area contributed by atoms with Crippen molar-refractivity contribution in [3.63, 3.8) is 0 Å². The first kappa shape index (κ1) is 10.0. The van der Waals surface area contributed by atoms with Gasteiger partial charge in [-0.3, -0.25) is 10.1 Å². The van der Waals surface area contributed by atoms with Crippen molar-refractivity contribution in [3.05, 3.63) is 33.9 Å². The Morgan fingerprint density at radius 2 is 2.21 bits per heavy atom. The van der Waals surface area contributed by atoms with Crippen LogP contribution in [0.3, 0.4) is 0 Å². The highest BCUT2D eigenvalue weighted by molar-refractivity contribution is 5.58. The van der Waals surface area contributed by atoms with Gasteiger partial charge in [0.25, 0.3) is 5.69 Å². The van der Waals surface area contributed by atoms with Gasteiger partial charge in [0.2, 0.25) is 0 Å². The average molecular weight is 191 g/mol. The first-order chi connectivity index (χ1) is 6.65. The quantitative estimate of drug-likeness (QED) is 0.292. The number of hydrogen-bond donors (Lipinski definition) is 2. The van der Waals surface area contributed by atoms with Crippen LogP contribution in [0.5, 0.6) is 0 Å². The van der Waals surface area contributed by atoms with E-state index in [1.54, 1.807) is 6.07 Å². The van der Waals surface area contributed by atoms with Gasteiger partial charge in [0.05, 0.1) is 11.5 Å². The molecule has 0 radical (unpaired) electrons. The second-order valence-corrected chi connectivity index (χ2v) is 2.54. The fourth-order valence-electron chi connectivity index (χ4n) is 0.952. The highest BCUT2D eigenvalue weighted by Crippen LogP contribution is 2.20. The number of anilines is 1. The normalized spacial score (nSPS) is 8.93. The molecule has 5 nitrogen and oxygen atoms in total. The molecular formula is C9H9N3O2. The summed E-state index contributed by atoms with van der Waals surface area (Å²) in [6.07, 6.45) is 0. The number of nitro groups is 1. The fraction of sp³-hybridized carbons (Fsp3) is 0.111. The third-order valence-corrected chi connectivity index (χ3v) is 1.54. The fourth-order valence-corrected chi connectivity index (χ4v) is 0.952. The molecule has 0 aliphatic heterocycles. The second kappa shape index (κ2) is 4.25. The standard InChI is InChI=1S/C9H9N3O2/c10-5-1-2-7-3-4-8(11)6-9(7)12(13)14/h3-4,6H,5,10-11H2. The molecule has 0 aliphatic rings. The number of nitrogens with zero attached hydrogens (tertiary/aromatic N) is 1. The van der Waals surface area contributed by atoms with Crippen molar-refractivity contribution in [2.24, 2.45) is 5.73 Å². The number of hydrogen-bond acceptors (Lipinski definition) is 4. The lowest BCUT2D eigenvalue weighted by Gasteiger charge is -1.96. The van der Waals surface area contributed by atoms with Gasteiger partial charge in [0, 0.05) is 11.8 Å². The van der Waals surface area contributed by atoms with E-state index < -0.39 is 4.92 Å². The zero-order valence-electron chi connectivity index (χ0n) is 7.36. The molecule has 0 saturated heterocycles. The zero-order chi connectivity index (χ0) is 10.6. The molecule has 72 valence electrons. The lowest BCUT2D eigenvalue weighted by molar-refractivity contribution is -0.385. The van der Waals surface area contributed by atoms with E-state index in [-0.39, 0.29) is 12.2 Å². The van der Waals surface area contributed by atoms with Crippen molar-refractivity contribution in [2.75, 3.05) is 12.3 Å². The van der Waals surface area contributed by atoms with Crippen LogP contribution in [-0.4, -0.2) is 11.5 Å². The number of nitro benzene ring substituents is 1. The summed E-state index contributed by atoms with van der Waals surface area (Å²) in [6.45, 7) is 0.168. The molecule has 0 saturated carbocycles. The minimum Gasteiger partial charge on any atom is -0.399 e. The maximum Gasteiger partial charge on any atom is 0.286 e. The number of nitrogen functional groups attached to an aromatic ring is 1. The van der Waals surface area contributed by atoms with Crippen LogP contribution in [0.1, 0.15) is 5.56 Å². The SMILES string of the molecule is NCC#Cc1ccc(N)cc1[N+](=O)[O-]. The predicted octanol–water partition coefficient (Wildman–Crippen LogP) is 0.487. The molecule has 14 heavy (non-hydrogen) atoms. The zero-order valence-corrected chi connectivity index (χ0v) is 7.36. The topological polar surface area (TPSA) is 95.2 Å². The Morgan fingerprint density at radius 1 is 1.50 bits per heavy atom. The monoisotopic (exact) mass is 191 g/mol. The van der Waals surface area contributed by atoms with Gasteiger partial charge in [-0.05, 0) is 12.1 Å². The maximum absolute atomic E-state index is 10.6. The van der Waals surface area contributed by atoms with Crippen molar-refractivity contribution in [3.8, 4) is 11.8 Å². The Labute approximate surface area is 80.9 Å². The van der Waals surface area contributed by atoms with Crippen molar-refractivity contribution >= 4 is 11.4 Å². The van der Waals surface area contributed by atoms with E-state index in [0.29, 0.717) is 11.3 Å². The van der Waals surface area contributed by atoms with Gasteiger partial charge in [-0.2, -0.15) is 0 Å². The lowest BCUT2D eigenvalue weighted by Crippen LogP contribution is -1.96. The summed E-state index contributed by atoms with van der Waals surface area (Å²) in [5.41, 5.74) is 11.2. The molecule has 1 aromatic rings. The van der Waals surface area contributed by atoms with E-state index >= 15 is 0 Å². The molecule has 4 N–H and O–H groups in total. The first-order valence-corrected chi connectivity index (χ1v) is 3.88. The Balaban J connectivity index is 3.22. The Morgan fingerprint density at radius 3 is 2.79 bits per heavy atom. The van der Waals surface area contributed by atoms with Crippen LogP contribution in [0, 0.1) is 22.0 Å². The summed E-state index contributed by atoms with van der Waals surface area (Å²) in [5, 5.41) is 10.6. The molecule has 0 heterocycles. The number of nitrogens with two attached hydrogens (primary N) is 2. The molecule has 5 heteroatoms. The molecule has 0 unspecified atom stereocenters. The lowest BCUT2D eigenvalue weighted by atomic mass is 10.1. The smallest absolute Gasteiger partial charge is 0.286 e. The summed E-state index contributed by atoms with van der Waals surface area (Å²) in [5.74, 6) is 5.16. The van der Waals surface area contributed by atoms with Crippen molar-refractivity contribution < 1.29 is 4.92 Å². The van der Waals surface area contributed by atoms with Crippen LogP contribution in [0.15, 0.2) is 18.2 Å². The van der Waals surface area contributed by atoms with Crippen LogP contribution in [0.2, 0.25) is 0 Å². The van der Waals surface area contributed by atoms with Gasteiger partial charge in [0.15, 0.2) is 0 Å². The summed E-state index contributed by atoms with van der Waals surface area (Å²) >= 11 is 0. The molecule has 0 atom stereocenters. The van der Waals surface area contributed by atoms with E-state index in [4.69, 9.17) is 11.5 Å². The molecule has 0 spiro atoms. The Hall–Kier alpha value is -2.06. The Bertz CT molecular complexity index is 418. The Kier molecular flexibility index (Phi) is 3.05. The van der Waals surface area contributed by atoms with Gasteiger partial charge in [-0.1, -0.05) is 11.8 Å². The van der Waals surface area contributed by atoms with E-state index in [1.807, 2.05) is 0 Å². The first-order valence-electron chi connectivity index (χ1n) is 3.88. The van der Waals surface area contributed by atoms with Gasteiger partial charge in [0.1, 0.15) is 5.56 Å². The molecule has 0 fully saturated rings. The number of rotatable bonds is 1. The van der Waals surface area contributed by atoms with Crippen molar-refractivity contribution in [1.82, 2.24) is 0 Å². The van der Waals surface area contributed by atoms with Gasteiger partial charge in [-0.15, -0.1) is 0 Å². The minimum absolute atomic E-state index is 0.0917. The third kappa shape index (κ3) is 2.21. The molecule has 0 aliphatic carbocycles. The summed E-state index contributed by atoms with van der Waals surface area (Å²) in [6, 6.07) is 4.35. The van der Waals surface area contributed by atoms with E-state index in [2.05, 4.69) is 11.8 Å². The predicted molar refractivity (Wildman–Crippen MR) is 53.4 cm³/mol. The highest BCUT2D eigenvalue weighted by Gasteiger charge is 2.11. The molecule has 1 rings (SSSR count). The molecular weight excluding hydrogens is 182 g/mol. The second-order valence-electron chi connectivity index (χ2n) is 2.54. The van der Waals surface area contributed by atoms with Crippen molar-refractivity contribution in [1.29, 1.82) is 0 Å². The van der Waals surface area contributed by atoms with Crippen LogP contribution in [0.25, 0.3) is 0 Å². The summed E-state index contributed by atoms with van der Waals surface area (Å²) < 4.78 is 0. The largest absolute Gasteiger partial charge is 0.399 e. The molecule has 0 bridgehead atoms. The molecule has 0 amide bonds. The summed E-state index contributed by atoms with van der Waals surface area (Å²) in [7, 11) is 0. The van der Waals surface area contributed by atoms with Gasteiger partial charge in [-0.25, -0.2) is 0 Å². The summed E-state index contributed by atoms with van der Waals surface area (Å²) in [4.78, 5) is 10.1. The van der Waals surface area contributed by atoms with E-state index in [9.17, 15) is 10.1 Å². The maximum atomic E-state index is 10.6. The average Bonchev–Trinajstić information content (AvgIpc) is 2.15. The molecule has 1 aromatic carbocycles. The van der Waals surface area contributed by atoms with E-state index in [1.165, 1.54) is 12.1 Å². The van der Waals surface area contributed by atoms with Crippen molar-refractivity contribution in [2.45, 2.75) is 0 Å². The van der Waals surface area contributed by atoms with Crippen LogP contribution < -0.4 is 11.5 Å². The molecule has 0 aromatic heterocycles. The van der Waals surface area contributed by atoms with E-state index in [0.717, 1.165) is 0 Å². The third-order valence-electron chi connectivity index (χ3n) is 1.54. The van der Waals surface area contributed by atoms with Gasteiger partial charge >= 0.3 is 0 Å².